The first-order chi connectivity index (χ1) is 12.6. The lowest BCUT2D eigenvalue weighted by molar-refractivity contribution is 0.180. The molecule has 0 saturated heterocycles. The van der Waals surface area contributed by atoms with Crippen molar-refractivity contribution < 1.29 is 13.5 Å². The molecule has 1 nitrogen and oxygen atoms in total. The van der Waals surface area contributed by atoms with Crippen LogP contribution in [0, 0.1) is 29.4 Å². The van der Waals surface area contributed by atoms with E-state index in [9.17, 15) is 8.78 Å². The van der Waals surface area contributed by atoms with Gasteiger partial charge in [-0.25, -0.2) is 8.78 Å². The van der Waals surface area contributed by atoms with Gasteiger partial charge >= 0.3 is 0 Å². The van der Waals surface area contributed by atoms with E-state index in [2.05, 4.69) is 31.2 Å². The molecule has 1 fully saturated rings. The fraction of sp³-hybridized carbons (Fsp3) is 0.565. The van der Waals surface area contributed by atoms with Gasteiger partial charge in [0.2, 0.25) is 0 Å². The van der Waals surface area contributed by atoms with Gasteiger partial charge in [-0.2, -0.15) is 0 Å². The lowest BCUT2D eigenvalue weighted by Crippen LogP contribution is -2.14. The standard InChI is InChI=1S/C23H30F2O/c1-16-3-5-17(6-4-16)7-8-18-9-11-19(12-10-18)21-14-13-20(15-26-2)22(24)23(21)25/h3,5,7-8,13-14,16-19H,4,6,9-12,15H2,1-2H3/b8-7+. The largest absolute Gasteiger partial charge is 0.380 e. The second-order valence-electron chi connectivity index (χ2n) is 7.97. The summed E-state index contributed by atoms with van der Waals surface area (Å²) < 4.78 is 33.5. The second-order valence-corrected chi connectivity index (χ2v) is 7.97. The predicted molar refractivity (Wildman–Crippen MR) is 102 cm³/mol. The van der Waals surface area contributed by atoms with E-state index >= 15 is 0 Å². The Labute approximate surface area is 156 Å². The third-order valence-corrected chi connectivity index (χ3v) is 5.98. The van der Waals surface area contributed by atoms with E-state index in [0.29, 0.717) is 28.9 Å². The van der Waals surface area contributed by atoms with E-state index in [0.717, 1.165) is 25.7 Å². The van der Waals surface area contributed by atoms with Crippen LogP contribution in [0.2, 0.25) is 0 Å². The highest BCUT2D eigenvalue weighted by molar-refractivity contribution is 5.29. The topological polar surface area (TPSA) is 9.23 Å². The lowest BCUT2D eigenvalue weighted by Gasteiger charge is -2.28. The molecule has 142 valence electrons. The molecule has 0 spiro atoms. The van der Waals surface area contributed by atoms with Crippen LogP contribution in [0.15, 0.2) is 36.4 Å². The molecule has 3 rings (SSSR count). The van der Waals surface area contributed by atoms with Crippen LogP contribution in [-0.4, -0.2) is 7.11 Å². The first kappa shape index (κ1) is 19.3. The highest BCUT2D eigenvalue weighted by atomic mass is 19.2. The predicted octanol–water partition coefficient (Wildman–Crippen LogP) is 6.54. The van der Waals surface area contributed by atoms with Gasteiger partial charge in [-0.15, -0.1) is 0 Å². The van der Waals surface area contributed by atoms with Crippen molar-refractivity contribution in [3.8, 4) is 0 Å². The van der Waals surface area contributed by atoms with E-state index < -0.39 is 11.6 Å². The first-order valence-electron chi connectivity index (χ1n) is 9.90. The van der Waals surface area contributed by atoms with Crippen molar-refractivity contribution in [3.05, 3.63) is 59.2 Å². The van der Waals surface area contributed by atoms with Gasteiger partial charge in [0.15, 0.2) is 11.6 Å². The molecule has 1 saturated carbocycles. The molecule has 2 aliphatic rings. The smallest absolute Gasteiger partial charge is 0.164 e. The summed E-state index contributed by atoms with van der Waals surface area (Å²) in [6.45, 7) is 2.37. The number of methoxy groups -OCH3 is 1. The molecule has 2 atom stereocenters. The van der Waals surface area contributed by atoms with E-state index in [1.165, 1.54) is 20.0 Å². The van der Waals surface area contributed by atoms with Crippen LogP contribution in [0.25, 0.3) is 0 Å². The van der Waals surface area contributed by atoms with Crippen LogP contribution in [0.5, 0.6) is 0 Å². The summed E-state index contributed by atoms with van der Waals surface area (Å²) >= 11 is 0. The lowest BCUT2D eigenvalue weighted by atomic mass is 9.77. The third-order valence-electron chi connectivity index (χ3n) is 5.98. The van der Waals surface area contributed by atoms with Crippen LogP contribution in [0.4, 0.5) is 8.78 Å². The zero-order valence-corrected chi connectivity index (χ0v) is 15.9. The van der Waals surface area contributed by atoms with E-state index in [4.69, 9.17) is 4.74 Å². The first-order valence-corrected chi connectivity index (χ1v) is 9.90. The Balaban J connectivity index is 1.57. The minimum Gasteiger partial charge on any atom is -0.380 e. The monoisotopic (exact) mass is 360 g/mol. The maximum absolute atomic E-state index is 14.4. The minimum atomic E-state index is -0.746. The van der Waals surface area contributed by atoms with Crippen molar-refractivity contribution >= 4 is 0 Å². The summed E-state index contributed by atoms with van der Waals surface area (Å²) in [5.74, 6) is 0.551. The molecule has 0 heterocycles. The van der Waals surface area contributed by atoms with Gasteiger partial charge in [-0.3, -0.25) is 0 Å². The zero-order valence-electron chi connectivity index (χ0n) is 15.9. The van der Waals surface area contributed by atoms with E-state index in [1.54, 1.807) is 12.1 Å². The van der Waals surface area contributed by atoms with Crippen LogP contribution < -0.4 is 0 Å². The molecule has 2 aliphatic carbocycles. The van der Waals surface area contributed by atoms with Crippen molar-refractivity contribution in [1.29, 1.82) is 0 Å². The Kier molecular flexibility index (Phi) is 6.63. The molecule has 0 bridgehead atoms. The summed E-state index contributed by atoms with van der Waals surface area (Å²) in [6.07, 6.45) is 15.8. The Bertz CT molecular complexity index is 656. The number of rotatable bonds is 5. The molecular formula is C23H30F2O. The summed E-state index contributed by atoms with van der Waals surface area (Å²) in [5.41, 5.74) is 0.828. The van der Waals surface area contributed by atoms with Gasteiger partial charge < -0.3 is 4.74 Å². The van der Waals surface area contributed by atoms with Crippen LogP contribution in [0.3, 0.4) is 0 Å². The summed E-state index contributed by atoms with van der Waals surface area (Å²) in [4.78, 5) is 0. The fourth-order valence-corrected chi connectivity index (χ4v) is 4.25. The molecule has 3 heteroatoms. The molecule has 26 heavy (non-hydrogen) atoms. The van der Waals surface area contributed by atoms with Crippen molar-refractivity contribution in [2.24, 2.45) is 17.8 Å². The Morgan fingerprint density at radius 3 is 2.38 bits per heavy atom. The highest BCUT2D eigenvalue weighted by Crippen LogP contribution is 2.38. The number of allylic oxidation sites excluding steroid dienone is 4. The molecule has 0 aromatic heterocycles. The van der Waals surface area contributed by atoms with Gasteiger partial charge in [-0.1, -0.05) is 43.4 Å². The SMILES string of the molecule is COCc1ccc(C2CCC(/C=C/C3C=CC(C)CC3)CC2)c(F)c1F. The van der Waals surface area contributed by atoms with Gasteiger partial charge in [0.25, 0.3) is 0 Å². The van der Waals surface area contributed by atoms with Crippen molar-refractivity contribution in [2.75, 3.05) is 7.11 Å². The molecule has 1 aromatic carbocycles. The fourth-order valence-electron chi connectivity index (χ4n) is 4.25. The second kappa shape index (κ2) is 8.94. The number of hydrogen-bond acceptors (Lipinski definition) is 1. The zero-order chi connectivity index (χ0) is 18.5. The normalized spacial score (nSPS) is 29.4. The summed E-state index contributed by atoms with van der Waals surface area (Å²) in [7, 11) is 1.49. The van der Waals surface area contributed by atoms with Gasteiger partial charge in [0.1, 0.15) is 0 Å². The maximum atomic E-state index is 14.4. The summed E-state index contributed by atoms with van der Waals surface area (Å²) in [5, 5.41) is 0. The number of benzene rings is 1. The quantitative estimate of drug-likeness (QED) is 0.541. The average Bonchev–Trinajstić information content (AvgIpc) is 2.66. The van der Waals surface area contributed by atoms with E-state index in [1.807, 2.05) is 0 Å². The Morgan fingerprint density at radius 1 is 0.962 bits per heavy atom. The minimum absolute atomic E-state index is 0.106. The van der Waals surface area contributed by atoms with Crippen LogP contribution >= 0.6 is 0 Å². The van der Waals surface area contributed by atoms with Crippen molar-refractivity contribution in [2.45, 2.75) is 58.0 Å². The van der Waals surface area contributed by atoms with Crippen LogP contribution in [0.1, 0.15) is 62.5 Å². The van der Waals surface area contributed by atoms with Crippen molar-refractivity contribution in [3.63, 3.8) is 0 Å². The molecule has 2 unspecified atom stereocenters. The maximum Gasteiger partial charge on any atom is 0.164 e. The van der Waals surface area contributed by atoms with Gasteiger partial charge in [-0.05, 0) is 67.8 Å². The van der Waals surface area contributed by atoms with Crippen LogP contribution in [-0.2, 0) is 11.3 Å². The summed E-state index contributed by atoms with van der Waals surface area (Å²) in [6, 6.07) is 3.42. The molecule has 1 aromatic rings. The Morgan fingerprint density at radius 2 is 1.73 bits per heavy atom. The molecule has 0 radical (unpaired) electrons. The number of halogens is 2. The number of hydrogen-bond donors (Lipinski definition) is 0. The van der Waals surface area contributed by atoms with Crippen molar-refractivity contribution in [1.82, 2.24) is 0 Å². The molecule has 0 amide bonds. The number of ether oxygens (including phenoxy) is 1. The molecule has 0 N–H and O–H groups in total. The van der Waals surface area contributed by atoms with Gasteiger partial charge in [0.05, 0.1) is 6.61 Å². The highest BCUT2D eigenvalue weighted by Gasteiger charge is 2.25. The van der Waals surface area contributed by atoms with Gasteiger partial charge in [0, 0.05) is 12.7 Å². The molecular weight excluding hydrogens is 330 g/mol. The van der Waals surface area contributed by atoms with E-state index in [-0.39, 0.29) is 12.5 Å². The molecule has 0 aliphatic heterocycles. The third kappa shape index (κ3) is 4.62. The Hall–Kier alpha value is -1.48. The average molecular weight is 360 g/mol.